The van der Waals surface area contributed by atoms with Crippen molar-refractivity contribution in [2.24, 2.45) is 5.73 Å². The molecule has 1 aromatic rings. The van der Waals surface area contributed by atoms with E-state index >= 15 is 0 Å². The second kappa shape index (κ2) is 11.1. The molecule has 0 spiro atoms. The Morgan fingerprint density at radius 2 is 2.00 bits per heavy atom. The Balaban J connectivity index is 2.06. The van der Waals surface area contributed by atoms with Crippen LogP contribution in [0, 0.1) is 10.1 Å². The number of carbonyl (C=O) groups is 2. The summed E-state index contributed by atoms with van der Waals surface area (Å²) in [6.45, 7) is 3.57. The number of nitro groups is 1. The van der Waals surface area contributed by atoms with Gasteiger partial charge in [-0.15, -0.1) is 0 Å². The van der Waals surface area contributed by atoms with Crippen LogP contribution < -0.4 is 11.1 Å². The van der Waals surface area contributed by atoms with Gasteiger partial charge in [0.2, 0.25) is 0 Å². The van der Waals surface area contributed by atoms with E-state index in [9.17, 15) is 32.9 Å². The lowest BCUT2D eigenvalue weighted by Crippen LogP contribution is -2.39. The second-order valence-electron chi connectivity index (χ2n) is 8.49. The number of nitrogens with two attached hydrogens (primary N) is 1. The lowest BCUT2D eigenvalue weighted by Gasteiger charge is -2.32. The smallest absolute Gasteiger partial charge is 0.431 e. The molecule has 0 aliphatic carbocycles. The molecule has 1 aromatic carbocycles. The molecule has 2 heterocycles. The molecule has 1 fully saturated rings. The maximum atomic E-state index is 14.0. The number of dihydropyridines is 1. The first-order valence-electron chi connectivity index (χ1n) is 11.2. The Bertz CT molecular complexity index is 1100. The molecule has 196 valence electrons. The average molecular weight is 512 g/mol. The highest BCUT2D eigenvalue weighted by Crippen LogP contribution is 2.44. The van der Waals surface area contributed by atoms with Gasteiger partial charge in [-0.1, -0.05) is 12.1 Å². The van der Waals surface area contributed by atoms with E-state index in [-0.39, 0.29) is 16.8 Å². The van der Waals surface area contributed by atoms with Crippen LogP contribution in [0.5, 0.6) is 0 Å². The van der Waals surface area contributed by atoms with Crippen LogP contribution >= 0.6 is 0 Å². The molecule has 3 N–H and O–H groups in total. The summed E-state index contributed by atoms with van der Waals surface area (Å²) < 4.78 is 52.2. The number of alkyl halides is 3. The van der Waals surface area contributed by atoms with Crippen molar-refractivity contribution >= 4 is 17.6 Å². The van der Waals surface area contributed by atoms with E-state index in [1.54, 1.807) is 0 Å². The summed E-state index contributed by atoms with van der Waals surface area (Å²) in [5.41, 5.74) is 2.32. The molecule has 0 radical (unpaired) electrons. The maximum Gasteiger partial charge on any atom is 0.431 e. The largest absolute Gasteiger partial charge is 0.466 e. The van der Waals surface area contributed by atoms with Crippen molar-refractivity contribution in [2.75, 3.05) is 33.3 Å². The molecule has 2 unspecified atom stereocenters. The van der Waals surface area contributed by atoms with Crippen molar-refractivity contribution < 1.29 is 37.2 Å². The third-order valence-corrected chi connectivity index (χ3v) is 6.07. The Labute approximate surface area is 205 Å². The molecule has 36 heavy (non-hydrogen) atoms. The number of benzene rings is 1. The molecular weight excluding hydrogens is 485 g/mol. The van der Waals surface area contributed by atoms with Crippen LogP contribution in [0.4, 0.5) is 18.9 Å². The van der Waals surface area contributed by atoms with Crippen LogP contribution in [0.3, 0.4) is 0 Å². The lowest BCUT2D eigenvalue weighted by atomic mass is 9.80. The topological polar surface area (TPSA) is 137 Å². The minimum Gasteiger partial charge on any atom is -0.466 e. The van der Waals surface area contributed by atoms with E-state index in [4.69, 9.17) is 10.5 Å². The first kappa shape index (κ1) is 27.1. The number of halogens is 3. The number of esters is 2. The number of nitrogens with zero attached hydrogens (tertiary/aromatic N) is 2. The standard InChI is InChI=1S/C23H27F3N4O6/c1-13-17(22(32)36-16-7-10-29(12-16)9-4-8-27)18(14-5-3-6-15(11-14)30(33)34)19(21(31)35-2)20(28-13)23(24,25)26/h3,5-6,11,16,18,28H,4,7-10,12,27H2,1-2H3. The van der Waals surface area contributed by atoms with Crippen LogP contribution in [0.25, 0.3) is 0 Å². The summed E-state index contributed by atoms with van der Waals surface area (Å²) in [4.78, 5) is 38.7. The van der Waals surface area contributed by atoms with Gasteiger partial charge >= 0.3 is 18.1 Å². The molecule has 0 amide bonds. The normalized spacial score (nSPS) is 20.8. The predicted octanol–water partition coefficient (Wildman–Crippen LogP) is 2.51. The van der Waals surface area contributed by atoms with Crippen LogP contribution in [-0.2, 0) is 19.1 Å². The van der Waals surface area contributed by atoms with Crippen LogP contribution in [0.1, 0.15) is 31.2 Å². The van der Waals surface area contributed by atoms with Gasteiger partial charge in [-0.2, -0.15) is 13.2 Å². The Morgan fingerprint density at radius 1 is 1.28 bits per heavy atom. The minimum absolute atomic E-state index is 0.0601. The Kier molecular flexibility index (Phi) is 8.35. The van der Waals surface area contributed by atoms with Gasteiger partial charge in [-0.25, -0.2) is 9.59 Å². The Hall–Kier alpha value is -3.45. The molecule has 2 aliphatic heterocycles. The summed E-state index contributed by atoms with van der Waals surface area (Å²) in [7, 11) is 0.908. The fourth-order valence-electron chi connectivity index (χ4n) is 4.43. The van der Waals surface area contributed by atoms with Crippen molar-refractivity contribution in [1.82, 2.24) is 10.2 Å². The number of ether oxygens (including phenoxy) is 2. The van der Waals surface area contributed by atoms with Crippen molar-refractivity contribution in [1.29, 1.82) is 0 Å². The van der Waals surface area contributed by atoms with E-state index in [1.165, 1.54) is 19.1 Å². The quantitative estimate of drug-likeness (QED) is 0.306. The number of methoxy groups -OCH3 is 1. The first-order chi connectivity index (χ1) is 17.0. The molecule has 3 rings (SSSR count). The molecule has 13 heteroatoms. The highest BCUT2D eigenvalue weighted by atomic mass is 19.4. The number of hydrogen-bond acceptors (Lipinski definition) is 9. The Morgan fingerprint density at radius 3 is 2.61 bits per heavy atom. The third-order valence-electron chi connectivity index (χ3n) is 6.07. The van der Waals surface area contributed by atoms with E-state index < -0.39 is 52.0 Å². The predicted molar refractivity (Wildman–Crippen MR) is 121 cm³/mol. The maximum absolute atomic E-state index is 14.0. The van der Waals surface area contributed by atoms with Gasteiger partial charge in [0.25, 0.3) is 5.69 Å². The average Bonchev–Trinajstić information content (AvgIpc) is 3.27. The van der Waals surface area contributed by atoms with Crippen LogP contribution in [0.15, 0.2) is 46.8 Å². The number of carbonyl (C=O) groups excluding carboxylic acids is 2. The van der Waals surface area contributed by atoms with E-state index in [0.717, 1.165) is 25.7 Å². The van der Waals surface area contributed by atoms with E-state index in [0.29, 0.717) is 32.6 Å². The lowest BCUT2D eigenvalue weighted by molar-refractivity contribution is -0.384. The van der Waals surface area contributed by atoms with Gasteiger partial charge in [0.15, 0.2) is 0 Å². The van der Waals surface area contributed by atoms with E-state index in [2.05, 4.69) is 15.0 Å². The molecule has 0 saturated carbocycles. The summed E-state index contributed by atoms with van der Waals surface area (Å²) in [6, 6.07) is 4.75. The number of non-ortho nitro benzene ring substituents is 1. The molecule has 2 aliphatic rings. The number of hydrogen-bond donors (Lipinski definition) is 2. The van der Waals surface area contributed by atoms with Gasteiger partial charge in [0.1, 0.15) is 11.8 Å². The minimum atomic E-state index is -5.01. The summed E-state index contributed by atoms with van der Waals surface area (Å²) in [5.74, 6) is -3.87. The van der Waals surface area contributed by atoms with Gasteiger partial charge in [-0.3, -0.25) is 15.0 Å². The van der Waals surface area contributed by atoms with Crippen molar-refractivity contribution in [3.8, 4) is 0 Å². The van der Waals surface area contributed by atoms with Crippen LogP contribution in [-0.4, -0.2) is 67.3 Å². The van der Waals surface area contributed by atoms with Gasteiger partial charge < -0.3 is 20.5 Å². The highest BCUT2D eigenvalue weighted by Gasteiger charge is 2.48. The first-order valence-corrected chi connectivity index (χ1v) is 11.2. The molecule has 0 aromatic heterocycles. The fourth-order valence-corrected chi connectivity index (χ4v) is 4.43. The van der Waals surface area contributed by atoms with Crippen LogP contribution in [0.2, 0.25) is 0 Å². The van der Waals surface area contributed by atoms with E-state index in [1.807, 2.05) is 0 Å². The summed E-state index contributed by atoms with van der Waals surface area (Å²) in [5, 5.41) is 13.5. The molecular formula is C23H27F3N4O6. The molecule has 2 atom stereocenters. The molecule has 1 saturated heterocycles. The molecule has 0 bridgehead atoms. The van der Waals surface area contributed by atoms with Gasteiger partial charge in [-0.05, 0) is 38.4 Å². The summed E-state index contributed by atoms with van der Waals surface area (Å²) in [6.07, 6.45) is -4.24. The highest BCUT2D eigenvalue weighted by molar-refractivity contribution is 6.00. The van der Waals surface area contributed by atoms with Crippen molar-refractivity contribution in [3.05, 3.63) is 62.5 Å². The number of likely N-dealkylation sites (tertiary alicyclic amines) is 1. The van der Waals surface area contributed by atoms with Crippen molar-refractivity contribution in [2.45, 2.75) is 38.0 Å². The zero-order valence-electron chi connectivity index (χ0n) is 19.8. The fraction of sp³-hybridized carbons (Fsp3) is 0.478. The zero-order chi connectivity index (χ0) is 26.6. The van der Waals surface area contributed by atoms with Crippen molar-refractivity contribution in [3.63, 3.8) is 0 Å². The SMILES string of the molecule is COC(=O)C1=C(C(F)(F)F)NC(C)=C(C(=O)OC2CCN(CCCN)C2)C1c1cccc([N+](=O)[O-])c1. The molecule has 10 nitrogen and oxygen atoms in total. The van der Waals surface area contributed by atoms with Gasteiger partial charge in [0.05, 0.1) is 29.1 Å². The second-order valence-corrected chi connectivity index (χ2v) is 8.49. The monoisotopic (exact) mass is 512 g/mol. The number of nitro benzene ring substituents is 1. The zero-order valence-corrected chi connectivity index (χ0v) is 19.8. The number of allylic oxidation sites excluding steroid dienone is 2. The summed E-state index contributed by atoms with van der Waals surface area (Å²) >= 11 is 0. The van der Waals surface area contributed by atoms with Gasteiger partial charge in [0, 0.05) is 30.9 Å². The number of nitrogens with one attached hydrogen (secondary N) is 1. The number of rotatable bonds is 8. The third kappa shape index (κ3) is 5.85.